The lowest BCUT2D eigenvalue weighted by atomic mass is 10.1. The van der Waals surface area contributed by atoms with Crippen molar-refractivity contribution < 1.29 is 21.9 Å². The standard InChI is InChI=1S/C18H22F2N4O3S/c1-13-11-17(22-12-21-13)23(2)14-7-9-24(10-8-14)28(25,26)16-5-3-15(4-6-16)27-18(19)20/h3-6,11-12,14,18H,7-10H2,1-2H3. The molecule has 0 spiro atoms. The number of alkyl halides is 2. The van der Waals surface area contributed by atoms with Gasteiger partial charge < -0.3 is 9.64 Å². The summed E-state index contributed by atoms with van der Waals surface area (Å²) in [4.78, 5) is 10.5. The van der Waals surface area contributed by atoms with E-state index in [9.17, 15) is 17.2 Å². The molecule has 10 heteroatoms. The van der Waals surface area contributed by atoms with Crippen LogP contribution in [0.5, 0.6) is 5.75 Å². The first kappa shape index (κ1) is 20.4. The monoisotopic (exact) mass is 412 g/mol. The lowest BCUT2D eigenvalue weighted by molar-refractivity contribution is -0.0498. The normalized spacial score (nSPS) is 16.3. The Morgan fingerprint density at radius 2 is 1.82 bits per heavy atom. The van der Waals surface area contributed by atoms with E-state index < -0.39 is 16.6 Å². The van der Waals surface area contributed by atoms with E-state index in [1.54, 1.807) is 0 Å². The molecule has 1 aliphatic heterocycles. The highest BCUT2D eigenvalue weighted by atomic mass is 32.2. The molecule has 7 nitrogen and oxygen atoms in total. The predicted molar refractivity (Wildman–Crippen MR) is 100 cm³/mol. The summed E-state index contributed by atoms with van der Waals surface area (Å²) in [7, 11) is -1.74. The molecule has 0 radical (unpaired) electrons. The minimum Gasteiger partial charge on any atom is -0.435 e. The molecule has 0 bridgehead atoms. The fourth-order valence-corrected chi connectivity index (χ4v) is 4.70. The molecule has 1 fully saturated rings. The lowest BCUT2D eigenvalue weighted by Crippen LogP contribution is -2.45. The van der Waals surface area contributed by atoms with E-state index in [2.05, 4.69) is 19.6 Å². The number of halogens is 2. The summed E-state index contributed by atoms with van der Waals surface area (Å²) in [5.74, 6) is 0.734. The number of aromatic nitrogens is 2. The molecular weight excluding hydrogens is 390 g/mol. The number of nitrogens with zero attached hydrogens (tertiary/aromatic N) is 4. The van der Waals surface area contributed by atoms with Gasteiger partial charge in [-0.05, 0) is 44.0 Å². The van der Waals surface area contributed by atoms with Crippen LogP contribution >= 0.6 is 0 Å². The summed E-state index contributed by atoms with van der Waals surface area (Å²) in [5, 5.41) is 0. The number of rotatable bonds is 6. The van der Waals surface area contributed by atoms with Crippen molar-refractivity contribution in [3.63, 3.8) is 0 Å². The van der Waals surface area contributed by atoms with Crippen molar-refractivity contribution >= 4 is 15.8 Å². The third kappa shape index (κ3) is 4.56. The van der Waals surface area contributed by atoms with Crippen molar-refractivity contribution in [1.29, 1.82) is 0 Å². The maximum Gasteiger partial charge on any atom is 0.387 e. The maximum atomic E-state index is 12.8. The van der Waals surface area contributed by atoms with Crippen molar-refractivity contribution in [2.45, 2.75) is 37.3 Å². The molecule has 0 amide bonds. The SMILES string of the molecule is Cc1cc(N(C)C2CCN(S(=O)(=O)c3ccc(OC(F)F)cc3)CC2)ncn1. The maximum absolute atomic E-state index is 12.8. The van der Waals surface area contributed by atoms with Crippen LogP contribution in [0.2, 0.25) is 0 Å². The van der Waals surface area contributed by atoms with Crippen molar-refractivity contribution in [3.05, 3.63) is 42.4 Å². The minimum atomic E-state index is -3.68. The van der Waals surface area contributed by atoms with Crippen LogP contribution in [0.25, 0.3) is 0 Å². The average molecular weight is 412 g/mol. The van der Waals surface area contributed by atoms with E-state index in [0.29, 0.717) is 25.9 Å². The Balaban J connectivity index is 1.65. The molecule has 1 aliphatic rings. The van der Waals surface area contributed by atoms with Gasteiger partial charge in [-0.25, -0.2) is 18.4 Å². The van der Waals surface area contributed by atoms with Crippen LogP contribution in [0.3, 0.4) is 0 Å². The van der Waals surface area contributed by atoms with Crippen LogP contribution in [0.15, 0.2) is 41.6 Å². The first-order valence-corrected chi connectivity index (χ1v) is 10.3. The van der Waals surface area contributed by atoms with E-state index in [0.717, 1.165) is 11.5 Å². The molecule has 0 saturated carbocycles. The fourth-order valence-electron chi connectivity index (χ4n) is 3.23. The topological polar surface area (TPSA) is 75.6 Å². The molecule has 3 rings (SSSR count). The number of hydrogen-bond acceptors (Lipinski definition) is 6. The van der Waals surface area contributed by atoms with Crippen molar-refractivity contribution in [3.8, 4) is 5.75 Å². The molecule has 1 aromatic carbocycles. The zero-order valence-corrected chi connectivity index (χ0v) is 16.4. The first-order chi connectivity index (χ1) is 13.3. The van der Waals surface area contributed by atoms with Crippen LogP contribution in [-0.2, 0) is 10.0 Å². The van der Waals surface area contributed by atoms with Gasteiger partial charge in [0.1, 0.15) is 17.9 Å². The van der Waals surface area contributed by atoms with Gasteiger partial charge >= 0.3 is 6.61 Å². The molecule has 152 valence electrons. The quantitative estimate of drug-likeness (QED) is 0.726. The third-order valence-electron chi connectivity index (χ3n) is 4.81. The Morgan fingerprint density at radius 3 is 2.39 bits per heavy atom. The molecule has 0 atom stereocenters. The number of hydrogen-bond donors (Lipinski definition) is 0. The van der Waals surface area contributed by atoms with Crippen LogP contribution < -0.4 is 9.64 Å². The van der Waals surface area contributed by atoms with E-state index in [1.807, 2.05) is 20.0 Å². The van der Waals surface area contributed by atoms with E-state index in [-0.39, 0.29) is 16.7 Å². The predicted octanol–water partition coefficient (Wildman–Crippen LogP) is 2.68. The molecule has 0 unspecified atom stereocenters. The summed E-state index contributed by atoms with van der Waals surface area (Å²) < 4.78 is 55.8. The molecule has 2 aromatic rings. The van der Waals surface area contributed by atoms with Gasteiger partial charge in [-0.3, -0.25) is 0 Å². The molecule has 2 heterocycles. The fraction of sp³-hybridized carbons (Fsp3) is 0.444. The second kappa shape index (κ2) is 8.36. The smallest absolute Gasteiger partial charge is 0.387 e. The second-order valence-electron chi connectivity index (χ2n) is 6.61. The molecule has 0 N–H and O–H groups in total. The van der Waals surface area contributed by atoms with Crippen molar-refractivity contribution in [1.82, 2.24) is 14.3 Å². The summed E-state index contributed by atoms with van der Waals surface area (Å²) in [6.45, 7) is -0.309. The van der Waals surface area contributed by atoms with Crippen LogP contribution in [-0.4, -0.2) is 55.5 Å². The third-order valence-corrected chi connectivity index (χ3v) is 6.72. The molecule has 1 saturated heterocycles. The van der Waals surface area contributed by atoms with Crippen molar-refractivity contribution in [2.24, 2.45) is 0 Å². The van der Waals surface area contributed by atoms with Crippen LogP contribution in [0, 0.1) is 6.92 Å². The number of sulfonamides is 1. The van der Waals surface area contributed by atoms with Gasteiger partial charge in [-0.1, -0.05) is 0 Å². The van der Waals surface area contributed by atoms with Gasteiger partial charge in [0.2, 0.25) is 10.0 Å². The number of piperidine rings is 1. The van der Waals surface area contributed by atoms with Crippen LogP contribution in [0.1, 0.15) is 18.5 Å². The highest BCUT2D eigenvalue weighted by molar-refractivity contribution is 7.89. The summed E-state index contributed by atoms with van der Waals surface area (Å²) >= 11 is 0. The summed E-state index contributed by atoms with van der Waals surface area (Å²) in [5.41, 5.74) is 0.871. The van der Waals surface area contributed by atoms with Crippen molar-refractivity contribution in [2.75, 3.05) is 25.0 Å². The Morgan fingerprint density at radius 1 is 1.18 bits per heavy atom. The number of anilines is 1. The zero-order chi connectivity index (χ0) is 20.3. The summed E-state index contributed by atoms with van der Waals surface area (Å²) in [6, 6.07) is 7.10. The highest BCUT2D eigenvalue weighted by Gasteiger charge is 2.31. The molecule has 0 aliphatic carbocycles. The van der Waals surface area contributed by atoms with Gasteiger partial charge in [-0.2, -0.15) is 13.1 Å². The largest absolute Gasteiger partial charge is 0.435 e. The molecule has 28 heavy (non-hydrogen) atoms. The number of benzene rings is 1. The second-order valence-corrected chi connectivity index (χ2v) is 8.55. The minimum absolute atomic E-state index is 0.0624. The first-order valence-electron chi connectivity index (χ1n) is 8.84. The van der Waals surface area contributed by atoms with E-state index in [1.165, 1.54) is 34.9 Å². The molecular formula is C18H22F2N4O3S. The van der Waals surface area contributed by atoms with Gasteiger partial charge in [0.15, 0.2) is 0 Å². The zero-order valence-electron chi connectivity index (χ0n) is 15.6. The number of ether oxygens (including phenoxy) is 1. The Labute approximate surface area is 163 Å². The highest BCUT2D eigenvalue weighted by Crippen LogP contribution is 2.26. The summed E-state index contributed by atoms with van der Waals surface area (Å²) in [6.07, 6.45) is 2.83. The van der Waals surface area contributed by atoms with Gasteiger partial charge in [0.05, 0.1) is 4.90 Å². The van der Waals surface area contributed by atoms with Crippen LogP contribution in [0.4, 0.5) is 14.6 Å². The lowest BCUT2D eigenvalue weighted by Gasteiger charge is -2.36. The van der Waals surface area contributed by atoms with E-state index in [4.69, 9.17) is 0 Å². The van der Waals surface area contributed by atoms with Gasteiger partial charge in [0.25, 0.3) is 0 Å². The Bertz CT molecular complexity index is 901. The van der Waals surface area contributed by atoms with E-state index >= 15 is 0 Å². The Hall–Kier alpha value is -2.33. The average Bonchev–Trinajstić information content (AvgIpc) is 2.67. The Kier molecular flexibility index (Phi) is 6.09. The number of aryl methyl sites for hydroxylation is 1. The van der Waals surface area contributed by atoms with Gasteiger partial charge in [-0.15, -0.1) is 0 Å². The molecule has 1 aromatic heterocycles. The van der Waals surface area contributed by atoms with Gasteiger partial charge in [0, 0.05) is 37.9 Å².